The van der Waals surface area contributed by atoms with E-state index in [0.717, 1.165) is 57.1 Å². The first-order valence-corrected chi connectivity index (χ1v) is 9.12. The molecule has 2 aliphatic rings. The van der Waals surface area contributed by atoms with Crippen LogP contribution in [0.2, 0.25) is 0 Å². The summed E-state index contributed by atoms with van der Waals surface area (Å²) in [6.45, 7) is 9.82. The monoisotopic (exact) mass is 322 g/mol. The zero-order valence-corrected chi connectivity index (χ0v) is 14.4. The Kier molecular flexibility index (Phi) is 4.85. The number of amides is 1. The van der Waals surface area contributed by atoms with E-state index in [1.165, 1.54) is 11.3 Å². The lowest BCUT2D eigenvalue weighted by atomic mass is 9.79. The second kappa shape index (κ2) is 6.69. The lowest BCUT2D eigenvalue weighted by Crippen LogP contribution is -2.52. The van der Waals surface area contributed by atoms with Gasteiger partial charge in [0.1, 0.15) is 0 Å². The van der Waals surface area contributed by atoms with E-state index in [4.69, 9.17) is 4.74 Å². The number of hydrogen-bond acceptors (Lipinski definition) is 4. The number of hydrogen-bond donors (Lipinski definition) is 0. The standard InChI is InChI=1S/C17H26N2O2S/c1-14(2)18-8-9-21-13-17(11-18)6-4-7-19(12-17)16(20)15-5-3-10-22-15/h3,5,10,14H,4,6-9,11-13H2,1-2H3. The minimum Gasteiger partial charge on any atom is -0.379 e. The Balaban J connectivity index is 1.74. The van der Waals surface area contributed by atoms with E-state index in [0.29, 0.717) is 6.04 Å². The van der Waals surface area contributed by atoms with Gasteiger partial charge in [0.2, 0.25) is 0 Å². The highest BCUT2D eigenvalue weighted by atomic mass is 32.1. The Bertz CT molecular complexity index is 503. The van der Waals surface area contributed by atoms with Gasteiger partial charge in [-0.3, -0.25) is 9.69 Å². The van der Waals surface area contributed by atoms with Crippen LogP contribution >= 0.6 is 11.3 Å². The average Bonchev–Trinajstić information content (AvgIpc) is 2.97. The molecule has 5 heteroatoms. The molecule has 3 heterocycles. The molecule has 2 fully saturated rings. The maximum Gasteiger partial charge on any atom is 0.263 e. The van der Waals surface area contributed by atoms with Crippen LogP contribution in [0.25, 0.3) is 0 Å². The molecule has 1 aromatic rings. The van der Waals surface area contributed by atoms with Crippen molar-refractivity contribution in [1.29, 1.82) is 0 Å². The number of nitrogens with zero attached hydrogens (tertiary/aromatic N) is 2. The van der Waals surface area contributed by atoms with Crippen molar-refractivity contribution in [2.24, 2.45) is 5.41 Å². The molecule has 0 aromatic carbocycles. The van der Waals surface area contributed by atoms with Crippen LogP contribution in [-0.4, -0.2) is 61.1 Å². The number of ether oxygens (including phenoxy) is 1. The molecule has 1 aromatic heterocycles. The van der Waals surface area contributed by atoms with Crippen LogP contribution < -0.4 is 0 Å². The second-order valence-electron chi connectivity index (χ2n) is 6.92. The molecular weight excluding hydrogens is 296 g/mol. The molecule has 2 aliphatic heterocycles. The first-order chi connectivity index (χ1) is 10.6. The van der Waals surface area contributed by atoms with Crippen molar-refractivity contribution in [1.82, 2.24) is 9.80 Å². The quantitative estimate of drug-likeness (QED) is 0.839. The molecule has 1 spiro atoms. The molecule has 122 valence electrons. The fraction of sp³-hybridized carbons (Fsp3) is 0.706. The van der Waals surface area contributed by atoms with Gasteiger partial charge in [-0.1, -0.05) is 6.07 Å². The van der Waals surface area contributed by atoms with Gasteiger partial charge >= 0.3 is 0 Å². The Morgan fingerprint density at radius 1 is 1.36 bits per heavy atom. The average molecular weight is 322 g/mol. The Morgan fingerprint density at radius 3 is 2.95 bits per heavy atom. The Hall–Kier alpha value is -0.910. The van der Waals surface area contributed by atoms with Gasteiger partial charge in [0, 0.05) is 37.6 Å². The van der Waals surface area contributed by atoms with Gasteiger partial charge in [0.15, 0.2) is 0 Å². The summed E-state index contributed by atoms with van der Waals surface area (Å²) in [5.41, 5.74) is 0.103. The maximum atomic E-state index is 12.7. The van der Waals surface area contributed by atoms with Gasteiger partial charge in [-0.05, 0) is 38.1 Å². The predicted molar refractivity (Wildman–Crippen MR) is 89.4 cm³/mol. The van der Waals surface area contributed by atoms with E-state index < -0.39 is 0 Å². The van der Waals surface area contributed by atoms with E-state index >= 15 is 0 Å². The van der Waals surface area contributed by atoms with Crippen LogP contribution in [0.4, 0.5) is 0 Å². The molecule has 22 heavy (non-hydrogen) atoms. The molecule has 0 aliphatic carbocycles. The fourth-order valence-electron chi connectivity index (χ4n) is 3.65. The number of carbonyl (C=O) groups is 1. The summed E-state index contributed by atoms with van der Waals surface area (Å²) in [5, 5.41) is 1.97. The third-order valence-electron chi connectivity index (χ3n) is 4.88. The number of likely N-dealkylation sites (tertiary alicyclic amines) is 1. The van der Waals surface area contributed by atoms with Gasteiger partial charge in [-0.25, -0.2) is 0 Å². The molecule has 0 radical (unpaired) electrons. The highest BCUT2D eigenvalue weighted by Gasteiger charge is 2.40. The van der Waals surface area contributed by atoms with Crippen LogP contribution in [0.1, 0.15) is 36.4 Å². The van der Waals surface area contributed by atoms with E-state index in [1.807, 2.05) is 22.4 Å². The minimum absolute atomic E-state index is 0.103. The van der Waals surface area contributed by atoms with Crippen molar-refractivity contribution in [2.75, 3.05) is 39.4 Å². The summed E-state index contributed by atoms with van der Waals surface area (Å²) >= 11 is 1.54. The molecule has 1 atom stereocenters. The maximum absolute atomic E-state index is 12.7. The van der Waals surface area contributed by atoms with Gasteiger partial charge in [0.25, 0.3) is 5.91 Å². The summed E-state index contributed by atoms with van der Waals surface area (Å²) < 4.78 is 5.91. The molecular formula is C17H26N2O2S. The first kappa shape index (κ1) is 16.0. The van der Waals surface area contributed by atoms with Crippen LogP contribution in [0.15, 0.2) is 17.5 Å². The van der Waals surface area contributed by atoms with E-state index in [1.54, 1.807) is 0 Å². The lowest BCUT2D eigenvalue weighted by Gasteiger charge is -2.44. The fourth-order valence-corrected chi connectivity index (χ4v) is 4.34. The summed E-state index contributed by atoms with van der Waals surface area (Å²) in [6.07, 6.45) is 2.23. The molecule has 1 amide bonds. The van der Waals surface area contributed by atoms with E-state index in [2.05, 4.69) is 18.7 Å². The van der Waals surface area contributed by atoms with Gasteiger partial charge in [0.05, 0.1) is 18.1 Å². The third kappa shape index (κ3) is 3.36. The van der Waals surface area contributed by atoms with Crippen molar-refractivity contribution < 1.29 is 9.53 Å². The minimum atomic E-state index is 0.103. The highest BCUT2D eigenvalue weighted by Crippen LogP contribution is 2.34. The number of carbonyl (C=O) groups excluding carboxylic acids is 1. The van der Waals surface area contributed by atoms with Crippen LogP contribution in [-0.2, 0) is 4.74 Å². The molecule has 1 unspecified atom stereocenters. The van der Waals surface area contributed by atoms with Crippen molar-refractivity contribution in [2.45, 2.75) is 32.7 Å². The molecule has 2 saturated heterocycles. The summed E-state index contributed by atoms with van der Waals surface area (Å²) in [7, 11) is 0. The van der Waals surface area contributed by atoms with Gasteiger partial charge < -0.3 is 9.64 Å². The number of rotatable bonds is 2. The highest BCUT2D eigenvalue weighted by molar-refractivity contribution is 7.12. The first-order valence-electron chi connectivity index (χ1n) is 8.24. The second-order valence-corrected chi connectivity index (χ2v) is 7.87. The smallest absolute Gasteiger partial charge is 0.263 e. The Labute approximate surface area is 137 Å². The lowest BCUT2D eigenvalue weighted by molar-refractivity contribution is 0.00592. The zero-order valence-electron chi connectivity index (χ0n) is 13.6. The van der Waals surface area contributed by atoms with Gasteiger partial charge in [-0.2, -0.15) is 0 Å². The third-order valence-corrected chi connectivity index (χ3v) is 5.74. The molecule has 3 rings (SSSR count). The summed E-state index contributed by atoms with van der Waals surface area (Å²) in [5.74, 6) is 0.189. The zero-order chi connectivity index (χ0) is 15.6. The topological polar surface area (TPSA) is 32.8 Å². The molecule has 0 N–H and O–H groups in total. The molecule has 4 nitrogen and oxygen atoms in total. The number of piperidine rings is 1. The van der Waals surface area contributed by atoms with Crippen molar-refractivity contribution in [3.63, 3.8) is 0 Å². The number of thiophene rings is 1. The van der Waals surface area contributed by atoms with Crippen LogP contribution in [0.5, 0.6) is 0 Å². The molecule has 0 bridgehead atoms. The van der Waals surface area contributed by atoms with Crippen molar-refractivity contribution >= 4 is 17.2 Å². The normalized spacial score (nSPS) is 27.3. The van der Waals surface area contributed by atoms with E-state index in [9.17, 15) is 4.79 Å². The SMILES string of the molecule is CC(C)N1CCOCC2(CCCN(C(=O)c3cccs3)C2)C1. The van der Waals surface area contributed by atoms with Crippen molar-refractivity contribution in [3.8, 4) is 0 Å². The van der Waals surface area contributed by atoms with Crippen molar-refractivity contribution in [3.05, 3.63) is 22.4 Å². The van der Waals surface area contributed by atoms with E-state index in [-0.39, 0.29) is 11.3 Å². The van der Waals surface area contributed by atoms with Crippen LogP contribution in [0.3, 0.4) is 0 Å². The van der Waals surface area contributed by atoms with Crippen LogP contribution in [0, 0.1) is 5.41 Å². The Morgan fingerprint density at radius 2 is 2.23 bits per heavy atom. The summed E-state index contributed by atoms with van der Waals surface area (Å²) in [4.78, 5) is 18.1. The largest absolute Gasteiger partial charge is 0.379 e. The summed E-state index contributed by atoms with van der Waals surface area (Å²) in [6, 6.07) is 4.41. The van der Waals surface area contributed by atoms with Gasteiger partial charge in [-0.15, -0.1) is 11.3 Å². The molecule has 0 saturated carbocycles. The predicted octanol–water partition coefficient (Wildman–Crippen LogP) is 2.71.